The van der Waals surface area contributed by atoms with Gasteiger partial charge in [0, 0.05) is 25.4 Å². The summed E-state index contributed by atoms with van der Waals surface area (Å²) in [7, 11) is 0. The lowest BCUT2D eigenvalue weighted by molar-refractivity contribution is -0.140. The molecule has 14 heavy (non-hydrogen) atoms. The first-order valence-corrected chi connectivity index (χ1v) is 5.03. The molecule has 2 saturated heterocycles. The Morgan fingerprint density at radius 2 is 2.14 bits per heavy atom. The minimum absolute atomic E-state index is 0.0884. The van der Waals surface area contributed by atoms with E-state index in [1.54, 1.807) is 6.92 Å². The van der Waals surface area contributed by atoms with Crippen LogP contribution in [0.25, 0.3) is 0 Å². The van der Waals surface area contributed by atoms with Crippen molar-refractivity contribution in [2.24, 2.45) is 5.92 Å². The van der Waals surface area contributed by atoms with Gasteiger partial charge in [-0.05, 0) is 25.2 Å². The number of amides is 1. The monoisotopic (exact) mass is 197 g/mol. The van der Waals surface area contributed by atoms with Crippen molar-refractivity contribution in [2.75, 3.05) is 6.54 Å². The SMILES string of the molecule is CC(=O)N1CC2CC1(CCC(=O)O)C2. The summed E-state index contributed by atoms with van der Waals surface area (Å²) in [6, 6.07) is 0. The van der Waals surface area contributed by atoms with Crippen LogP contribution in [0.1, 0.15) is 32.6 Å². The van der Waals surface area contributed by atoms with E-state index in [-0.39, 0.29) is 17.9 Å². The molecule has 4 nitrogen and oxygen atoms in total. The molecule has 0 aromatic heterocycles. The van der Waals surface area contributed by atoms with Crippen molar-refractivity contribution >= 4 is 11.9 Å². The number of hydrogen-bond donors (Lipinski definition) is 1. The highest BCUT2D eigenvalue weighted by molar-refractivity contribution is 5.75. The number of nitrogens with zero attached hydrogens (tertiary/aromatic N) is 1. The van der Waals surface area contributed by atoms with Crippen LogP contribution in [0.5, 0.6) is 0 Å². The minimum Gasteiger partial charge on any atom is -0.481 e. The van der Waals surface area contributed by atoms with E-state index in [2.05, 4.69) is 0 Å². The van der Waals surface area contributed by atoms with Gasteiger partial charge in [0.2, 0.25) is 5.91 Å². The lowest BCUT2D eigenvalue weighted by Gasteiger charge is -2.41. The summed E-state index contributed by atoms with van der Waals surface area (Å²) in [4.78, 5) is 23.7. The van der Waals surface area contributed by atoms with Gasteiger partial charge in [-0.25, -0.2) is 0 Å². The van der Waals surface area contributed by atoms with Gasteiger partial charge in [-0.3, -0.25) is 9.59 Å². The van der Waals surface area contributed by atoms with Crippen LogP contribution in [0, 0.1) is 5.92 Å². The molecule has 0 radical (unpaired) electrons. The predicted molar refractivity (Wildman–Crippen MR) is 49.7 cm³/mol. The number of carbonyl (C=O) groups is 2. The Balaban J connectivity index is 2.01. The van der Waals surface area contributed by atoms with E-state index in [4.69, 9.17) is 5.11 Å². The zero-order chi connectivity index (χ0) is 10.3. The number of fused-ring (bicyclic) bond motifs is 1. The first kappa shape index (κ1) is 9.49. The molecule has 0 spiro atoms. The van der Waals surface area contributed by atoms with Crippen molar-refractivity contribution in [1.82, 2.24) is 4.90 Å². The Morgan fingerprint density at radius 1 is 1.50 bits per heavy atom. The number of carboxylic acids is 1. The van der Waals surface area contributed by atoms with Crippen molar-refractivity contribution in [1.29, 1.82) is 0 Å². The van der Waals surface area contributed by atoms with Gasteiger partial charge in [0.05, 0.1) is 0 Å². The molecule has 0 atom stereocenters. The van der Waals surface area contributed by atoms with Crippen molar-refractivity contribution in [3.05, 3.63) is 0 Å². The van der Waals surface area contributed by atoms with E-state index in [0.717, 1.165) is 19.4 Å². The van der Waals surface area contributed by atoms with Crippen molar-refractivity contribution in [2.45, 2.75) is 38.1 Å². The average Bonchev–Trinajstić information content (AvgIpc) is 2.53. The number of rotatable bonds is 3. The van der Waals surface area contributed by atoms with Crippen LogP contribution in [-0.2, 0) is 9.59 Å². The largest absolute Gasteiger partial charge is 0.481 e. The number of aliphatic carboxylic acids is 1. The Kier molecular flexibility index (Phi) is 2.01. The molecule has 0 aromatic rings. The molecule has 2 bridgehead atoms. The van der Waals surface area contributed by atoms with Crippen molar-refractivity contribution < 1.29 is 14.7 Å². The summed E-state index contributed by atoms with van der Waals surface area (Å²) in [6.45, 7) is 2.41. The molecule has 78 valence electrons. The van der Waals surface area contributed by atoms with Crippen LogP contribution in [-0.4, -0.2) is 34.0 Å². The number of carbonyl (C=O) groups excluding carboxylic acids is 1. The van der Waals surface area contributed by atoms with Crippen LogP contribution < -0.4 is 0 Å². The maximum absolute atomic E-state index is 11.3. The third-order valence-electron chi connectivity index (χ3n) is 3.53. The third-order valence-corrected chi connectivity index (χ3v) is 3.53. The lowest BCUT2D eigenvalue weighted by Crippen LogP contribution is -2.47. The van der Waals surface area contributed by atoms with E-state index in [1.165, 1.54) is 0 Å². The van der Waals surface area contributed by atoms with E-state index < -0.39 is 5.97 Å². The highest BCUT2D eigenvalue weighted by atomic mass is 16.4. The molecule has 1 N–H and O–H groups in total. The summed E-state index contributed by atoms with van der Waals surface area (Å²) in [5.74, 6) is -0.0405. The molecule has 3 fully saturated rings. The average molecular weight is 197 g/mol. The van der Waals surface area contributed by atoms with Gasteiger partial charge in [-0.1, -0.05) is 0 Å². The summed E-state index contributed by atoms with van der Waals surface area (Å²) in [6.07, 6.45) is 2.83. The van der Waals surface area contributed by atoms with Crippen LogP contribution in [0.15, 0.2) is 0 Å². The van der Waals surface area contributed by atoms with E-state index in [0.29, 0.717) is 12.3 Å². The second-order valence-corrected chi connectivity index (χ2v) is 4.52. The Hall–Kier alpha value is -1.06. The molecule has 1 amide bonds. The summed E-state index contributed by atoms with van der Waals surface area (Å²) < 4.78 is 0. The fraction of sp³-hybridized carbons (Fsp3) is 0.800. The maximum atomic E-state index is 11.3. The van der Waals surface area contributed by atoms with Crippen LogP contribution in [0.3, 0.4) is 0 Å². The van der Waals surface area contributed by atoms with Crippen LogP contribution in [0.4, 0.5) is 0 Å². The van der Waals surface area contributed by atoms with Gasteiger partial charge < -0.3 is 10.0 Å². The molecule has 3 aliphatic rings. The quantitative estimate of drug-likeness (QED) is 0.730. The van der Waals surface area contributed by atoms with Gasteiger partial charge in [0.1, 0.15) is 0 Å². The summed E-state index contributed by atoms with van der Waals surface area (Å²) >= 11 is 0. The predicted octanol–water partition coefficient (Wildman–Crippen LogP) is 0.862. The molecule has 4 heteroatoms. The molecule has 1 aliphatic carbocycles. The van der Waals surface area contributed by atoms with Gasteiger partial charge in [0.15, 0.2) is 0 Å². The topological polar surface area (TPSA) is 57.6 Å². The molecule has 0 aromatic carbocycles. The molecule has 2 heterocycles. The second-order valence-electron chi connectivity index (χ2n) is 4.52. The van der Waals surface area contributed by atoms with Crippen molar-refractivity contribution in [3.63, 3.8) is 0 Å². The van der Waals surface area contributed by atoms with Gasteiger partial charge in [-0.15, -0.1) is 0 Å². The highest BCUT2D eigenvalue weighted by Gasteiger charge is 2.56. The summed E-state index contributed by atoms with van der Waals surface area (Å²) in [5, 5.41) is 8.63. The summed E-state index contributed by atoms with van der Waals surface area (Å²) in [5.41, 5.74) is -0.0884. The second kappa shape index (κ2) is 2.97. The maximum Gasteiger partial charge on any atom is 0.303 e. The van der Waals surface area contributed by atoms with E-state index in [1.807, 2.05) is 4.90 Å². The van der Waals surface area contributed by atoms with E-state index >= 15 is 0 Å². The highest BCUT2D eigenvalue weighted by Crippen LogP contribution is 2.52. The van der Waals surface area contributed by atoms with Gasteiger partial charge >= 0.3 is 5.97 Å². The fourth-order valence-electron chi connectivity index (χ4n) is 2.96. The molecule has 0 unspecified atom stereocenters. The molecule has 3 rings (SSSR count). The first-order chi connectivity index (χ1) is 6.53. The molecular weight excluding hydrogens is 182 g/mol. The molecular formula is C10H15NO3. The normalized spacial score (nSPS) is 34.1. The minimum atomic E-state index is -0.766. The van der Waals surface area contributed by atoms with Gasteiger partial charge in [-0.2, -0.15) is 0 Å². The number of hydrogen-bond acceptors (Lipinski definition) is 2. The van der Waals surface area contributed by atoms with Gasteiger partial charge in [0.25, 0.3) is 0 Å². The van der Waals surface area contributed by atoms with Crippen LogP contribution >= 0.6 is 0 Å². The van der Waals surface area contributed by atoms with Crippen LogP contribution in [0.2, 0.25) is 0 Å². The van der Waals surface area contributed by atoms with E-state index in [9.17, 15) is 9.59 Å². The Bertz CT molecular complexity index is 281. The third kappa shape index (κ3) is 1.29. The lowest BCUT2D eigenvalue weighted by atomic mass is 9.71. The zero-order valence-electron chi connectivity index (χ0n) is 8.32. The Labute approximate surface area is 82.9 Å². The Morgan fingerprint density at radius 3 is 2.64 bits per heavy atom. The standard InChI is InChI=1S/C10H15NO3/c1-7(12)11-6-8-4-10(11,5-8)3-2-9(13)14/h8H,2-6H2,1H3,(H,13,14). The fourth-order valence-corrected chi connectivity index (χ4v) is 2.96. The van der Waals surface area contributed by atoms with Crippen molar-refractivity contribution in [3.8, 4) is 0 Å². The smallest absolute Gasteiger partial charge is 0.303 e. The molecule has 2 aliphatic heterocycles. The first-order valence-electron chi connectivity index (χ1n) is 5.03. The molecule has 1 saturated carbocycles. The number of carboxylic acid groups (broad SMARTS) is 1. The zero-order valence-corrected chi connectivity index (χ0v) is 8.32.